The van der Waals surface area contributed by atoms with E-state index in [1.54, 1.807) is 0 Å². The number of carbonyl (C=O) groups is 1. The van der Waals surface area contributed by atoms with E-state index >= 15 is 0 Å². The smallest absolute Gasteiger partial charge is 0.256 e. The minimum atomic E-state index is -1.05. The molecule has 92 valence electrons. The van der Waals surface area contributed by atoms with E-state index in [2.05, 4.69) is 0 Å². The van der Waals surface area contributed by atoms with Gasteiger partial charge in [0.25, 0.3) is 5.91 Å². The Morgan fingerprint density at radius 1 is 1.50 bits per heavy atom. The molecule has 0 aromatic carbocycles. The molecule has 4 nitrogen and oxygen atoms in total. The maximum Gasteiger partial charge on any atom is 0.256 e. The Labute approximate surface area is 105 Å². The van der Waals surface area contributed by atoms with Crippen LogP contribution in [0.1, 0.15) is 6.92 Å². The van der Waals surface area contributed by atoms with Crippen LogP contribution in [-0.4, -0.2) is 48.2 Å². The van der Waals surface area contributed by atoms with Gasteiger partial charge in [-0.15, -0.1) is 0 Å². The Morgan fingerprint density at radius 3 is 2.62 bits per heavy atom. The average molecular weight is 268 g/mol. The lowest BCUT2D eigenvalue weighted by atomic mass is 10.4. The molecule has 0 spiro atoms. The molecule has 0 atom stereocenters. The summed E-state index contributed by atoms with van der Waals surface area (Å²) in [5, 5.41) is 0. The van der Waals surface area contributed by atoms with Gasteiger partial charge in [0.05, 0.1) is 19.8 Å². The second-order valence-corrected chi connectivity index (χ2v) is 4.38. The molecule has 1 heterocycles. The highest BCUT2D eigenvalue weighted by molar-refractivity contribution is 6.53. The highest BCUT2D eigenvalue weighted by atomic mass is 35.5. The summed E-state index contributed by atoms with van der Waals surface area (Å²) in [6.07, 6.45) is 3.33. The predicted octanol–water partition coefficient (Wildman–Crippen LogP) is 1.57. The largest absolute Gasteiger partial charge is 0.348 e. The van der Waals surface area contributed by atoms with Gasteiger partial charge in [-0.05, 0) is 6.92 Å². The molecule has 0 aromatic heterocycles. The topological polar surface area (TPSA) is 38.8 Å². The monoisotopic (exact) mass is 267 g/mol. The molecular formula is C10H15Cl2NO3. The van der Waals surface area contributed by atoms with Gasteiger partial charge in [-0.25, -0.2) is 0 Å². The van der Waals surface area contributed by atoms with Crippen molar-refractivity contribution in [1.82, 2.24) is 4.90 Å². The van der Waals surface area contributed by atoms with Crippen molar-refractivity contribution in [2.24, 2.45) is 0 Å². The van der Waals surface area contributed by atoms with Gasteiger partial charge in [-0.1, -0.05) is 35.4 Å². The van der Waals surface area contributed by atoms with Crippen LogP contribution in [-0.2, 0) is 14.3 Å². The van der Waals surface area contributed by atoms with Gasteiger partial charge in [-0.3, -0.25) is 4.79 Å². The normalized spacial score (nSPS) is 17.5. The molecule has 0 aromatic rings. The molecule has 1 fully saturated rings. The number of alkyl halides is 2. The number of allylic oxidation sites excluding steroid dienone is 1. The molecule has 16 heavy (non-hydrogen) atoms. The summed E-state index contributed by atoms with van der Waals surface area (Å²) in [6.45, 7) is 3.79. The highest BCUT2D eigenvalue weighted by Crippen LogP contribution is 2.11. The van der Waals surface area contributed by atoms with Crippen LogP contribution >= 0.6 is 23.2 Å². The number of amides is 1. The lowest BCUT2D eigenvalue weighted by molar-refractivity contribution is -0.134. The molecule has 0 bridgehead atoms. The molecule has 0 radical (unpaired) electrons. The zero-order chi connectivity index (χ0) is 12.0. The Hall–Kier alpha value is -0.290. The zero-order valence-corrected chi connectivity index (χ0v) is 10.6. The molecule has 0 saturated carbocycles. The van der Waals surface area contributed by atoms with E-state index in [0.717, 1.165) is 0 Å². The molecule has 1 aliphatic rings. The Morgan fingerprint density at radius 2 is 2.12 bits per heavy atom. The van der Waals surface area contributed by atoms with Gasteiger partial charge in [0.15, 0.2) is 11.1 Å². The molecule has 1 aliphatic heterocycles. The zero-order valence-electron chi connectivity index (χ0n) is 9.07. The van der Waals surface area contributed by atoms with Crippen LogP contribution in [0.2, 0.25) is 0 Å². The molecule has 0 aliphatic carbocycles. The van der Waals surface area contributed by atoms with Crippen LogP contribution in [0.15, 0.2) is 12.2 Å². The third-order valence-electron chi connectivity index (χ3n) is 2.12. The Bertz CT molecular complexity index is 252. The van der Waals surface area contributed by atoms with Gasteiger partial charge >= 0.3 is 0 Å². The first kappa shape index (κ1) is 13.8. The molecule has 1 saturated heterocycles. The van der Waals surface area contributed by atoms with Gasteiger partial charge in [0.2, 0.25) is 0 Å². The number of hydrogen-bond donors (Lipinski definition) is 0. The van der Waals surface area contributed by atoms with Crippen molar-refractivity contribution in [2.45, 2.75) is 18.1 Å². The SMILES string of the molecule is CC=CCN(CC1OCCO1)C(=O)C(Cl)Cl. The highest BCUT2D eigenvalue weighted by Gasteiger charge is 2.25. The summed E-state index contributed by atoms with van der Waals surface area (Å²) in [5.41, 5.74) is 0. The van der Waals surface area contributed by atoms with E-state index in [4.69, 9.17) is 32.7 Å². The van der Waals surface area contributed by atoms with Crippen LogP contribution in [0.25, 0.3) is 0 Å². The van der Waals surface area contributed by atoms with Crippen LogP contribution in [0.5, 0.6) is 0 Å². The van der Waals surface area contributed by atoms with Gasteiger partial charge in [0, 0.05) is 6.54 Å². The summed E-state index contributed by atoms with van der Waals surface area (Å²) in [7, 11) is 0. The first-order valence-electron chi connectivity index (χ1n) is 5.06. The van der Waals surface area contributed by atoms with Gasteiger partial charge in [-0.2, -0.15) is 0 Å². The number of ether oxygens (including phenoxy) is 2. The third kappa shape index (κ3) is 4.29. The molecule has 1 amide bonds. The summed E-state index contributed by atoms with van der Waals surface area (Å²) in [6, 6.07) is 0. The summed E-state index contributed by atoms with van der Waals surface area (Å²) in [4.78, 5) is 12.1. The average Bonchev–Trinajstić information content (AvgIpc) is 2.75. The number of carbonyl (C=O) groups excluding carboxylic acids is 1. The fraction of sp³-hybridized carbons (Fsp3) is 0.700. The maximum atomic E-state index is 11.7. The van der Waals surface area contributed by atoms with E-state index in [1.165, 1.54) is 4.90 Å². The van der Waals surface area contributed by atoms with Crippen molar-refractivity contribution < 1.29 is 14.3 Å². The van der Waals surface area contributed by atoms with Crippen molar-refractivity contribution >= 4 is 29.1 Å². The minimum absolute atomic E-state index is 0.333. The summed E-state index contributed by atoms with van der Waals surface area (Å²) < 4.78 is 10.5. The van der Waals surface area contributed by atoms with Crippen molar-refractivity contribution in [3.05, 3.63) is 12.2 Å². The standard InChI is InChI=1S/C10H15Cl2NO3/c1-2-3-4-13(10(14)9(11)12)7-8-15-5-6-16-8/h2-3,8-9H,4-7H2,1H3. The molecule has 0 N–H and O–H groups in total. The lowest BCUT2D eigenvalue weighted by Crippen LogP contribution is -2.40. The van der Waals surface area contributed by atoms with Gasteiger partial charge < -0.3 is 14.4 Å². The second-order valence-electron chi connectivity index (χ2n) is 3.28. The van der Waals surface area contributed by atoms with Crippen molar-refractivity contribution in [2.75, 3.05) is 26.3 Å². The molecule has 6 heteroatoms. The maximum absolute atomic E-state index is 11.7. The minimum Gasteiger partial charge on any atom is -0.348 e. The van der Waals surface area contributed by atoms with Crippen LogP contribution < -0.4 is 0 Å². The first-order chi connectivity index (χ1) is 7.65. The van der Waals surface area contributed by atoms with E-state index in [9.17, 15) is 4.79 Å². The van der Waals surface area contributed by atoms with E-state index in [1.807, 2.05) is 19.1 Å². The third-order valence-corrected chi connectivity index (χ3v) is 2.49. The fourth-order valence-electron chi connectivity index (χ4n) is 1.32. The van der Waals surface area contributed by atoms with Crippen molar-refractivity contribution in [3.8, 4) is 0 Å². The fourth-order valence-corrected chi connectivity index (χ4v) is 1.59. The quantitative estimate of drug-likeness (QED) is 0.561. The molecular weight excluding hydrogens is 253 g/mol. The Balaban J connectivity index is 2.51. The first-order valence-corrected chi connectivity index (χ1v) is 5.93. The van der Waals surface area contributed by atoms with Gasteiger partial charge in [0.1, 0.15) is 0 Å². The summed E-state index contributed by atoms with van der Waals surface area (Å²) in [5.74, 6) is -0.333. The second kappa shape index (κ2) is 7.12. The number of halogens is 2. The summed E-state index contributed by atoms with van der Waals surface area (Å²) >= 11 is 11.1. The number of nitrogens with zero attached hydrogens (tertiary/aromatic N) is 1. The van der Waals surface area contributed by atoms with Crippen LogP contribution in [0.3, 0.4) is 0 Å². The predicted molar refractivity (Wildman–Crippen MR) is 62.6 cm³/mol. The lowest BCUT2D eigenvalue weighted by Gasteiger charge is -2.24. The van der Waals surface area contributed by atoms with Crippen LogP contribution in [0.4, 0.5) is 0 Å². The Kier molecular flexibility index (Phi) is 6.13. The van der Waals surface area contributed by atoms with E-state index in [0.29, 0.717) is 26.3 Å². The van der Waals surface area contributed by atoms with E-state index in [-0.39, 0.29) is 12.2 Å². The van der Waals surface area contributed by atoms with Crippen molar-refractivity contribution in [3.63, 3.8) is 0 Å². The number of rotatable bonds is 5. The van der Waals surface area contributed by atoms with Crippen molar-refractivity contribution in [1.29, 1.82) is 0 Å². The molecule has 1 rings (SSSR count). The van der Waals surface area contributed by atoms with E-state index < -0.39 is 4.84 Å². The van der Waals surface area contributed by atoms with Crippen LogP contribution in [0, 0.1) is 0 Å². The molecule has 0 unspecified atom stereocenters. The number of hydrogen-bond acceptors (Lipinski definition) is 3.